The number of carbonyl (C=O) groups excluding carboxylic acids is 3. The second kappa shape index (κ2) is 7.61. The van der Waals surface area contributed by atoms with Crippen molar-refractivity contribution in [2.24, 2.45) is 0 Å². The molecule has 1 heterocycles. The largest absolute Gasteiger partial charge is 0.326 e. The van der Waals surface area contributed by atoms with Gasteiger partial charge in [0, 0.05) is 5.69 Å². The number of para-hydroxylation sites is 1. The number of benzene rings is 2. The quantitative estimate of drug-likeness (QED) is 0.793. The summed E-state index contributed by atoms with van der Waals surface area (Å²) in [6, 6.07) is 17.6. The van der Waals surface area contributed by atoms with Gasteiger partial charge >= 0.3 is 6.03 Å². The van der Waals surface area contributed by atoms with Crippen LogP contribution in [0.1, 0.15) is 12.0 Å². The molecular weight excluding hydrogens is 318 g/mol. The number of nitrogens with zero attached hydrogens (tertiary/aromatic N) is 1. The highest BCUT2D eigenvalue weighted by Gasteiger charge is 2.38. The van der Waals surface area contributed by atoms with Gasteiger partial charge in [0.05, 0.1) is 0 Å². The zero-order chi connectivity index (χ0) is 17.6. The van der Waals surface area contributed by atoms with Crippen molar-refractivity contribution in [2.75, 3.05) is 11.9 Å². The van der Waals surface area contributed by atoms with Crippen LogP contribution in [-0.4, -0.2) is 35.3 Å². The molecule has 2 aromatic rings. The van der Waals surface area contributed by atoms with Crippen molar-refractivity contribution >= 4 is 23.5 Å². The van der Waals surface area contributed by atoms with Crippen molar-refractivity contribution in [3.63, 3.8) is 0 Å². The van der Waals surface area contributed by atoms with Gasteiger partial charge in [-0.05, 0) is 30.5 Å². The van der Waals surface area contributed by atoms with Gasteiger partial charge < -0.3 is 10.6 Å². The van der Waals surface area contributed by atoms with E-state index < -0.39 is 18.0 Å². The van der Waals surface area contributed by atoms with Crippen molar-refractivity contribution in [1.82, 2.24) is 10.2 Å². The number of urea groups is 1. The van der Waals surface area contributed by atoms with E-state index in [9.17, 15) is 14.4 Å². The molecule has 6 nitrogen and oxygen atoms in total. The molecule has 0 aliphatic carbocycles. The standard InChI is InChI=1S/C19H19N3O3/c23-17(20-15-9-5-2-6-10-15)13-22-18(24)16(21-19(22)25)12-11-14-7-3-1-4-8-14/h1-10,16H,11-13H2,(H,20,23)(H,21,25)/t16-/m1/s1. The van der Waals surface area contributed by atoms with Gasteiger partial charge in [-0.15, -0.1) is 0 Å². The number of hydrogen-bond donors (Lipinski definition) is 2. The van der Waals surface area contributed by atoms with Gasteiger partial charge in [0.1, 0.15) is 12.6 Å². The van der Waals surface area contributed by atoms with E-state index in [1.807, 2.05) is 36.4 Å². The summed E-state index contributed by atoms with van der Waals surface area (Å²) in [5.41, 5.74) is 1.73. The molecule has 0 unspecified atom stereocenters. The van der Waals surface area contributed by atoms with Crippen LogP contribution >= 0.6 is 0 Å². The molecule has 128 valence electrons. The summed E-state index contributed by atoms with van der Waals surface area (Å²) in [5, 5.41) is 5.32. The molecule has 0 aromatic heterocycles. The van der Waals surface area contributed by atoms with E-state index in [1.54, 1.807) is 24.3 Å². The Kier molecular flexibility index (Phi) is 5.09. The Bertz CT molecular complexity index is 762. The minimum atomic E-state index is -0.586. The molecule has 1 fully saturated rings. The van der Waals surface area contributed by atoms with Gasteiger partial charge in [-0.3, -0.25) is 14.5 Å². The molecule has 4 amide bonds. The highest BCUT2D eigenvalue weighted by Crippen LogP contribution is 2.13. The Labute approximate surface area is 145 Å². The summed E-state index contributed by atoms with van der Waals surface area (Å²) < 4.78 is 0. The first kappa shape index (κ1) is 16.7. The molecule has 2 N–H and O–H groups in total. The third-order valence-corrected chi connectivity index (χ3v) is 4.03. The highest BCUT2D eigenvalue weighted by atomic mass is 16.2. The highest BCUT2D eigenvalue weighted by molar-refractivity contribution is 6.07. The molecule has 25 heavy (non-hydrogen) atoms. The van der Waals surface area contributed by atoms with Crippen molar-refractivity contribution in [3.8, 4) is 0 Å². The molecule has 1 atom stereocenters. The Balaban J connectivity index is 1.55. The zero-order valence-electron chi connectivity index (χ0n) is 13.6. The molecule has 1 aliphatic rings. The summed E-state index contributed by atoms with van der Waals surface area (Å²) in [5.74, 6) is -0.762. The fraction of sp³-hybridized carbons (Fsp3) is 0.211. The molecule has 3 rings (SSSR count). The van der Waals surface area contributed by atoms with E-state index in [-0.39, 0.29) is 12.5 Å². The number of nitrogens with one attached hydrogen (secondary N) is 2. The smallest absolute Gasteiger partial charge is 0.325 e. The Morgan fingerprint density at radius 2 is 1.64 bits per heavy atom. The van der Waals surface area contributed by atoms with Gasteiger partial charge in [-0.2, -0.15) is 0 Å². The Morgan fingerprint density at radius 1 is 1.00 bits per heavy atom. The maximum absolute atomic E-state index is 12.4. The third kappa shape index (κ3) is 4.23. The Morgan fingerprint density at radius 3 is 2.32 bits per heavy atom. The molecule has 0 radical (unpaired) electrons. The topological polar surface area (TPSA) is 78.5 Å². The molecule has 1 saturated heterocycles. The normalized spacial score (nSPS) is 16.6. The van der Waals surface area contributed by atoms with Crippen LogP contribution in [0.3, 0.4) is 0 Å². The van der Waals surface area contributed by atoms with Crippen LogP contribution < -0.4 is 10.6 Å². The third-order valence-electron chi connectivity index (χ3n) is 4.03. The summed E-state index contributed by atoms with van der Waals surface area (Å²) in [6.45, 7) is -0.290. The predicted octanol–water partition coefficient (Wildman–Crippen LogP) is 2.18. The lowest BCUT2D eigenvalue weighted by atomic mass is 10.1. The van der Waals surface area contributed by atoms with Crippen LogP contribution in [0.5, 0.6) is 0 Å². The summed E-state index contributed by atoms with van der Waals surface area (Å²) in [6.07, 6.45) is 1.19. The zero-order valence-corrected chi connectivity index (χ0v) is 13.6. The van der Waals surface area contributed by atoms with Crippen LogP contribution in [0, 0.1) is 0 Å². The first-order valence-corrected chi connectivity index (χ1v) is 8.14. The molecule has 0 spiro atoms. The van der Waals surface area contributed by atoms with Crippen molar-refractivity contribution in [3.05, 3.63) is 66.2 Å². The average molecular weight is 337 g/mol. The summed E-state index contributed by atoms with van der Waals surface area (Å²) >= 11 is 0. The second-order valence-electron chi connectivity index (χ2n) is 5.86. The monoisotopic (exact) mass is 337 g/mol. The number of aryl methyl sites for hydroxylation is 1. The van der Waals surface area contributed by atoms with Gasteiger partial charge in [0.2, 0.25) is 5.91 Å². The van der Waals surface area contributed by atoms with Crippen molar-refractivity contribution < 1.29 is 14.4 Å². The van der Waals surface area contributed by atoms with Gasteiger partial charge in [0.15, 0.2) is 0 Å². The van der Waals surface area contributed by atoms with E-state index in [0.29, 0.717) is 18.5 Å². The van der Waals surface area contributed by atoms with E-state index >= 15 is 0 Å². The number of anilines is 1. The fourth-order valence-electron chi connectivity index (χ4n) is 2.74. The number of carbonyl (C=O) groups is 3. The molecule has 0 bridgehead atoms. The minimum Gasteiger partial charge on any atom is -0.326 e. The average Bonchev–Trinajstić information content (AvgIpc) is 2.89. The molecule has 6 heteroatoms. The lowest BCUT2D eigenvalue weighted by Crippen LogP contribution is -2.38. The molecule has 0 saturated carbocycles. The van der Waals surface area contributed by atoms with Crippen molar-refractivity contribution in [2.45, 2.75) is 18.9 Å². The first-order chi connectivity index (χ1) is 12.1. The molecule has 2 aromatic carbocycles. The number of hydrogen-bond acceptors (Lipinski definition) is 3. The van der Waals surface area contributed by atoms with Crippen LogP contribution in [0.2, 0.25) is 0 Å². The second-order valence-corrected chi connectivity index (χ2v) is 5.86. The van der Waals surface area contributed by atoms with Gasteiger partial charge in [0.25, 0.3) is 5.91 Å². The van der Waals surface area contributed by atoms with Gasteiger partial charge in [-0.1, -0.05) is 48.5 Å². The number of rotatable bonds is 6. The van der Waals surface area contributed by atoms with Crippen LogP contribution in [-0.2, 0) is 16.0 Å². The molecular formula is C19H19N3O3. The van der Waals surface area contributed by atoms with Crippen LogP contribution in [0.4, 0.5) is 10.5 Å². The van der Waals surface area contributed by atoms with E-state index in [0.717, 1.165) is 10.5 Å². The lowest BCUT2D eigenvalue weighted by molar-refractivity contribution is -0.130. The van der Waals surface area contributed by atoms with E-state index in [1.165, 1.54) is 0 Å². The molecule has 1 aliphatic heterocycles. The van der Waals surface area contributed by atoms with Gasteiger partial charge in [-0.25, -0.2) is 4.79 Å². The fourth-order valence-corrected chi connectivity index (χ4v) is 2.74. The SMILES string of the molecule is O=C(CN1C(=O)N[C@H](CCc2ccccc2)C1=O)Nc1ccccc1. The van der Waals surface area contributed by atoms with E-state index in [2.05, 4.69) is 10.6 Å². The van der Waals surface area contributed by atoms with E-state index in [4.69, 9.17) is 0 Å². The minimum absolute atomic E-state index is 0.290. The lowest BCUT2D eigenvalue weighted by Gasteiger charge is -2.13. The van der Waals surface area contributed by atoms with Crippen LogP contribution in [0.25, 0.3) is 0 Å². The summed E-state index contributed by atoms with van der Waals surface area (Å²) in [4.78, 5) is 37.4. The maximum Gasteiger partial charge on any atom is 0.325 e. The van der Waals surface area contributed by atoms with Crippen LogP contribution in [0.15, 0.2) is 60.7 Å². The summed E-state index contributed by atoms with van der Waals surface area (Å²) in [7, 11) is 0. The predicted molar refractivity (Wildman–Crippen MR) is 93.9 cm³/mol. The maximum atomic E-state index is 12.4. The Hall–Kier alpha value is -3.15. The first-order valence-electron chi connectivity index (χ1n) is 8.14. The van der Waals surface area contributed by atoms with Crippen molar-refractivity contribution in [1.29, 1.82) is 0 Å². The number of amides is 4. The number of imide groups is 1.